The minimum Gasteiger partial charge on any atom is -0.388 e. The van der Waals surface area contributed by atoms with Crippen LogP contribution in [0.3, 0.4) is 0 Å². The van der Waals surface area contributed by atoms with E-state index in [-0.39, 0.29) is 11.5 Å². The molecule has 0 aromatic heterocycles. The van der Waals surface area contributed by atoms with Gasteiger partial charge in [-0.15, -0.1) is 0 Å². The molecule has 0 bridgehead atoms. The Morgan fingerprint density at radius 1 is 1.11 bits per heavy atom. The maximum Gasteiger partial charge on any atom is 0.194 e. The standard InChI is InChI=1S/C15H19F3O/c1-2-9-3-5-10(6-4-9)15(19)11-7-8-12(16)14(18)13(11)17/h7-10,15,19H,2-6H2,1H3. The van der Waals surface area contributed by atoms with Gasteiger partial charge in [0.2, 0.25) is 0 Å². The minimum atomic E-state index is -1.50. The molecule has 2 rings (SSSR count). The molecule has 0 radical (unpaired) electrons. The zero-order valence-electron chi connectivity index (χ0n) is 11.0. The van der Waals surface area contributed by atoms with Crippen LogP contribution in [0.1, 0.15) is 50.7 Å². The van der Waals surface area contributed by atoms with Crippen molar-refractivity contribution in [3.63, 3.8) is 0 Å². The van der Waals surface area contributed by atoms with Crippen molar-refractivity contribution in [2.45, 2.75) is 45.1 Å². The van der Waals surface area contributed by atoms with Crippen LogP contribution in [0, 0.1) is 29.3 Å². The lowest BCUT2D eigenvalue weighted by molar-refractivity contribution is 0.0693. The molecule has 1 aliphatic carbocycles. The van der Waals surface area contributed by atoms with Gasteiger partial charge in [0.15, 0.2) is 17.5 Å². The van der Waals surface area contributed by atoms with Crippen molar-refractivity contribution in [1.82, 2.24) is 0 Å². The zero-order valence-corrected chi connectivity index (χ0v) is 11.0. The minimum absolute atomic E-state index is 0.0674. The van der Waals surface area contributed by atoms with Crippen LogP contribution in [-0.2, 0) is 0 Å². The Morgan fingerprint density at radius 2 is 1.74 bits per heavy atom. The predicted molar refractivity (Wildman–Crippen MR) is 67.0 cm³/mol. The first-order chi connectivity index (χ1) is 9.04. The van der Waals surface area contributed by atoms with E-state index in [2.05, 4.69) is 6.92 Å². The fourth-order valence-electron chi connectivity index (χ4n) is 2.94. The third-order valence-corrected chi connectivity index (χ3v) is 4.30. The summed E-state index contributed by atoms with van der Waals surface area (Å²) in [7, 11) is 0. The number of hydrogen-bond donors (Lipinski definition) is 1. The van der Waals surface area contributed by atoms with E-state index in [0.29, 0.717) is 5.92 Å². The average molecular weight is 272 g/mol. The first kappa shape index (κ1) is 14.4. The second-order valence-electron chi connectivity index (χ2n) is 5.40. The zero-order chi connectivity index (χ0) is 14.0. The van der Waals surface area contributed by atoms with E-state index < -0.39 is 23.6 Å². The van der Waals surface area contributed by atoms with Gasteiger partial charge in [-0.3, -0.25) is 0 Å². The van der Waals surface area contributed by atoms with E-state index in [9.17, 15) is 18.3 Å². The van der Waals surface area contributed by atoms with Crippen molar-refractivity contribution >= 4 is 0 Å². The Hall–Kier alpha value is -1.03. The number of aliphatic hydroxyl groups excluding tert-OH is 1. The number of rotatable bonds is 3. The molecule has 0 amide bonds. The summed E-state index contributed by atoms with van der Waals surface area (Å²) in [4.78, 5) is 0. The van der Waals surface area contributed by atoms with Crippen molar-refractivity contribution in [2.24, 2.45) is 11.8 Å². The van der Waals surface area contributed by atoms with Gasteiger partial charge < -0.3 is 5.11 Å². The van der Waals surface area contributed by atoms with Crippen LogP contribution in [0.15, 0.2) is 12.1 Å². The van der Waals surface area contributed by atoms with Crippen LogP contribution in [0.4, 0.5) is 13.2 Å². The average Bonchev–Trinajstić information content (AvgIpc) is 2.44. The van der Waals surface area contributed by atoms with Gasteiger partial charge in [0, 0.05) is 5.56 Å². The molecule has 0 spiro atoms. The van der Waals surface area contributed by atoms with E-state index in [1.165, 1.54) is 0 Å². The van der Waals surface area contributed by atoms with Crippen LogP contribution >= 0.6 is 0 Å². The lowest BCUT2D eigenvalue weighted by Crippen LogP contribution is -2.21. The molecule has 1 nitrogen and oxygen atoms in total. The fourth-order valence-corrected chi connectivity index (χ4v) is 2.94. The van der Waals surface area contributed by atoms with E-state index in [1.54, 1.807) is 0 Å². The highest BCUT2D eigenvalue weighted by Crippen LogP contribution is 2.38. The van der Waals surface area contributed by atoms with E-state index >= 15 is 0 Å². The molecular formula is C15H19F3O. The molecule has 1 aromatic rings. The summed E-state index contributed by atoms with van der Waals surface area (Å²) >= 11 is 0. The highest BCUT2D eigenvalue weighted by atomic mass is 19.2. The third kappa shape index (κ3) is 2.94. The van der Waals surface area contributed by atoms with Gasteiger partial charge in [0.1, 0.15) is 0 Å². The van der Waals surface area contributed by atoms with Gasteiger partial charge in [-0.05, 0) is 30.7 Å². The largest absolute Gasteiger partial charge is 0.388 e. The van der Waals surface area contributed by atoms with Crippen LogP contribution in [0.2, 0.25) is 0 Å². The fraction of sp³-hybridized carbons (Fsp3) is 0.600. The molecule has 1 fully saturated rings. The molecule has 0 saturated heterocycles. The SMILES string of the molecule is CCC1CCC(C(O)c2ccc(F)c(F)c2F)CC1. The Kier molecular flexibility index (Phi) is 4.50. The summed E-state index contributed by atoms with van der Waals surface area (Å²) in [5, 5.41) is 10.2. The van der Waals surface area contributed by atoms with Crippen LogP contribution < -0.4 is 0 Å². The Labute approximate surface area is 111 Å². The molecular weight excluding hydrogens is 253 g/mol. The molecule has 19 heavy (non-hydrogen) atoms. The first-order valence-electron chi connectivity index (χ1n) is 6.86. The van der Waals surface area contributed by atoms with Crippen molar-refractivity contribution < 1.29 is 18.3 Å². The molecule has 1 unspecified atom stereocenters. The van der Waals surface area contributed by atoms with E-state index in [4.69, 9.17) is 0 Å². The lowest BCUT2D eigenvalue weighted by atomic mass is 9.77. The van der Waals surface area contributed by atoms with E-state index in [0.717, 1.165) is 44.2 Å². The molecule has 0 heterocycles. The van der Waals surface area contributed by atoms with Gasteiger partial charge >= 0.3 is 0 Å². The Morgan fingerprint density at radius 3 is 2.32 bits per heavy atom. The first-order valence-corrected chi connectivity index (χ1v) is 6.86. The molecule has 1 atom stereocenters. The predicted octanol–water partition coefficient (Wildman–Crippen LogP) is 4.35. The highest BCUT2D eigenvalue weighted by molar-refractivity contribution is 5.23. The van der Waals surface area contributed by atoms with Crippen LogP contribution in [-0.4, -0.2) is 5.11 Å². The second-order valence-corrected chi connectivity index (χ2v) is 5.40. The number of halogens is 3. The molecule has 1 saturated carbocycles. The molecule has 1 aliphatic rings. The van der Waals surface area contributed by atoms with Gasteiger partial charge in [0.05, 0.1) is 6.10 Å². The summed E-state index contributed by atoms with van der Waals surface area (Å²) in [5.41, 5.74) is -0.126. The summed E-state index contributed by atoms with van der Waals surface area (Å²) < 4.78 is 39.7. The summed E-state index contributed by atoms with van der Waals surface area (Å²) in [5.74, 6) is -3.38. The van der Waals surface area contributed by atoms with Crippen molar-refractivity contribution in [1.29, 1.82) is 0 Å². The van der Waals surface area contributed by atoms with Crippen LogP contribution in [0.25, 0.3) is 0 Å². The third-order valence-electron chi connectivity index (χ3n) is 4.30. The summed E-state index contributed by atoms with van der Waals surface area (Å²) in [6, 6.07) is 2.01. The number of benzene rings is 1. The van der Waals surface area contributed by atoms with Crippen molar-refractivity contribution in [3.05, 3.63) is 35.1 Å². The van der Waals surface area contributed by atoms with Gasteiger partial charge in [0.25, 0.3) is 0 Å². The van der Waals surface area contributed by atoms with Gasteiger partial charge in [-0.1, -0.05) is 32.3 Å². The maximum absolute atomic E-state index is 13.6. The number of hydrogen-bond acceptors (Lipinski definition) is 1. The summed E-state index contributed by atoms with van der Waals surface area (Å²) in [6.45, 7) is 2.14. The Bertz CT molecular complexity index is 439. The summed E-state index contributed by atoms with van der Waals surface area (Å²) in [6.07, 6.45) is 3.68. The smallest absolute Gasteiger partial charge is 0.194 e. The van der Waals surface area contributed by atoms with E-state index in [1.807, 2.05) is 0 Å². The quantitative estimate of drug-likeness (QED) is 0.811. The number of aliphatic hydroxyl groups is 1. The molecule has 4 heteroatoms. The molecule has 106 valence electrons. The normalized spacial score (nSPS) is 25.3. The second kappa shape index (κ2) is 5.95. The monoisotopic (exact) mass is 272 g/mol. The van der Waals surface area contributed by atoms with Gasteiger partial charge in [-0.25, -0.2) is 13.2 Å². The maximum atomic E-state index is 13.6. The van der Waals surface area contributed by atoms with Gasteiger partial charge in [-0.2, -0.15) is 0 Å². The molecule has 1 N–H and O–H groups in total. The van der Waals surface area contributed by atoms with Crippen LogP contribution in [0.5, 0.6) is 0 Å². The molecule has 0 aliphatic heterocycles. The van der Waals surface area contributed by atoms with Crippen molar-refractivity contribution in [2.75, 3.05) is 0 Å². The highest BCUT2D eigenvalue weighted by Gasteiger charge is 2.29. The topological polar surface area (TPSA) is 20.2 Å². The Balaban J connectivity index is 2.12. The lowest BCUT2D eigenvalue weighted by Gasteiger charge is -2.31. The molecule has 1 aromatic carbocycles. The van der Waals surface area contributed by atoms with Crippen molar-refractivity contribution in [3.8, 4) is 0 Å².